The highest BCUT2D eigenvalue weighted by Crippen LogP contribution is 2.60. The molecule has 32 heavy (non-hydrogen) atoms. The minimum Gasteiger partial charge on any atom is -0.339 e. The molecule has 0 spiro atoms. The van der Waals surface area contributed by atoms with Crippen molar-refractivity contribution >= 4 is 23.2 Å². The number of thiazole rings is 1. The molecule has 168 valence electrons. The van der Waals surface area contributed by atoms with Crippen LogP contribution in [0, 0.1) is 23.2 Å². The molecule has 2 aromatic rings. The predicted molar refractivity (Wildman–Crippen MR) is 123 cm³/mol. The first kappa shape index (κ1) is 20.3. The van der Waals surface area contributed by atoms with Crippen LogP contribution in [0.2, 0.25) is 0 Å². The smallest absolute Gasteiger partial charge is 0.228 e. The molecule has 0 N–H and O–H groups in total. The van der Waals surface area contributed by atoms with Crippen molar-refractivity contribution in [3.63, 3.8) is 0 Å². The molecule has 6 nitrogen and oxygen atoms in total. The monoisotopic (exact) mass is 450 g/mol. The maximum Gasteiger partial charge on any atom is 0.228 e. The molecule has 0 aromatic carbocycles. The van der Waals surface area contributed by atoms with Gasteiger partial charge in [-0.15, -0.1) is 11.3 Å². The minimum atomic E-state index is -0.0791. The Labute approximate surface area is 193 Å². The molecule has 1 saturated heterocycles. The van der Waals surface area contributed by atoms with Gasteiger partial charge in [0, 0.05) is 49.5 Å². The number of nitrogens with zero attached hydrogens (tertiary/aromatic N) is 4. The number of carbonyl (C=O) groups excluding carboxylic acids is 2. The van der Waals surface area contributed by atoms with Gasteiger partial charge in [0.1, 0.15) is 5.01 Å². The van der Waals surface area contributed by atoms with Crippen molar-refractivity contribution in [2.24, 2.45) is 23.2 Å². The molecular weight excluding hydrogens is 420 g/mol. The fraction of sp³-hybridized carbons (Fsp3) is 0.600. The van der Waals surface area contributed by atoms with E-state index in [0.29, 0.717) is 38.5 Å². The van der Waals surface area contributed by atoms with E-state index in [-0.39, 0.29) is 11.3 Å². The second-order valence-electron chi connectivity index (χ2n) is 10.4. The van der Waals surface area contributed by atoms with E-state index in [1.807, 2.05) is 22.4 Å². The van der Waals surface area contributed by atoms with Gasteiger partial charge in [0.15, 0.2) is 0 Å². The number of carbonyl (C=O) groups is 2. The van der Waals surface area contributed by atoms with E-state index in [1.54, 1.807) is 23.7 Å². The van der Waals surface area contributed by atoms with Gasteiger partial charge in [0.05, 0.1) is 17.5 Å². The van der Waals surface area contributed by atoms with Crippen LogP contribution in [0.25, 0.3) is 10.6 Å². The summed E-state index contributed by atoms with van der Waals surface area (Å²) >= 11 is 1.55. The molecule has 5 fully saturated rings. The molecule has 4 bridgehead atoms. The molecular formula is C25H30N4O2S. The zero-order chi connectivity index (χ0) is 21.7. The van der Waals surface area contributed by atoms with Crippen LogP contribution in [-0.4, -0.2) is 57.8 Å². The van der Waals surface area contributed by atoms with Crippen LogP contribution in [0.1, 0.15) is 44.2 Å². The van der Waals surface area contributed by atoms with E-state index < -0.39 is 0 Å². The summed E-state index contributed by atoms with van der Waals surface area (Å²) in [6, 6.07) is 3.88. The molecule has 2 amide bonds. The van der Waals surface area contributed by atoms with Gasteiger partial charge in [-0.1, -0.05) is 0 Å². The van der Waals surface area contributed by atoms with Crippen LogP contribution < -0.4 is 0 Å². The van der Waals surface area contributed by atoms with E-state index >= 15 is 0 Å². The Kier molecular flexibility index (Phi) is 5.05. The minimum absolute atomic E-state index is 0.0791. The Hall–Kier alpha value is -2.28. The molecule has 4 aliphatic carbocycles. The molecule has 2 aromatic heterocycles. The van der Waals surface area contributed by atoms with Crippen LogP contribution in [0.3, 0.4) is 0 Å². The number of aromatic nitrogens is 2. The van der Waals surface area contributed by atoms with Crippen molar-refractivity contribution < 1.29 is 9.59 Å². The van der Waals surface area contributed by atoms with Gasteiger partial charge in [-0.3, -0.25) is 14.6 Å². The Morgan fingerprint density at radius 1 is 1.00 bits per heavy atom. The lowest BCUT2D eigenvalue weighted by atomic mass is 9.49. The maximum atomic E-state index is 13.6. The summed E-state index contributed by atoms with van der Waals surface area (Å²) in [7, 11) is 0. The van der Waals surface area contributed by atoms with Gasteiger partial charge < -0.3 is 9.80 Å². The summed E-state index contributed by atoms with van der Waals surface area (Å²) in [5.74, 6) is 2.84. The first-order valence-corrected chi connectivity index (χ1v) is 12.9. The Balaban J connectivity index is 1.05. The van der Waals surface area contributed by atoms with Gasteiger partial charge in [0.2, 0.25) is 11.8 Å². The average Bonchev–Trinajstić information content (AvgIpc) is 3.27. The molecule has 0 atom stereocenters. The molecule has 7 rings (SSSR count). The lowest BCUT2D eigenvalue weighted by Gasteiger charge is -2.57. The van der Waals surface area contributed by atoms with E-state index in [0.717, 1.165) is 53.3 Å². The molecule has 3 heterocycles. The quantitative estimate of drug-likeness (QED) is 0.713. The standard InChI is InChI=1S/C25H30N4O2S/c30-22(11-21-16-32-23(27-21)20-2-1-3-26-15-20)28-4-6-29(7-5-28)24(31)25-12-17-8-18(13-25)10-19(9-17)14-25/h1-3,15-19H,4-14H2. The number of rotatable bonds is 4. The Morgan fingerprint density at radius 2 is 1.66 bits per heavy atom. The third-order valence-corrected chi connectivity index (χ3v) is 9.14. The highest BCUT2D eigenvalue weighted by molar-refractivity contribution is 7.13. The highest BCUT2D eigenvalue weighted by Gasteiger charge is 2.55. The van der Waals surface area contributed by atoms with Crippen LogP contribution in [0.15, 0.2) is 29.9 Å². The van der Waals surface area contributed by atoms with Crippen LogP contribution in [0.4, 0.5) is 0 Å². The summed E-state index contributed by atoms with van der Waals surface area (Å²) in [6.45, 7) is 2.61. The van der Waals surface area contributed by atoms with Crippen LogP contribution >= 0.6 is 11.3 Å². The Morgan fingerprint density at radius 3 is 2.28 bits per heavy atom. The van der Waals surface area contributed by atoms with Gasteiger partial charge in [-0.25, -0.2) is 4.98 Å². The van der Waals surface area contributed by atoms with Gasteiger partial charge in [-0.05, 0) is 68.4 Å². The summed E-state index contributed by atoms with van der Waals surface area (Å²) in [5, 5.41) is 2.86. The molecule has 7 heteroatoms. The average molecular weight is 451 g/mol. The van der Waals surface area contributed by atoms with Gasteiger partial charge in [-0.2, -0.15) is 0 Å². The van der Waals surface area contributed by atoms with Gasteiger partial charge in [0.25, 0.3) is 0 Å². The van der Waals surface area contributed by atoms with Crippen molar-refractivity contribution in [1.29, 1.82) is 0 Å². The Bertz CT molecular complexity index is 977. The number of hydrogen-bond donors (Lipinski definition) is 0. The number of hydrogen-bond acceptors (Lipinski definition) is 5. The molecule has 0 radical (unpaired) electrons. The van der Waals surface area contributed by atoms with E-state index in [4.69, 9.17) is 0 Å². The fourth-order valence-electron chi connectivity index (χ4n) is 7.14. The summed E-state index contributed by atoms with van der Waals surface area (Å²) in [4.78, 5) is 39.2. The topological polar surface area (TPSA) is 66.4 Å². The maximum absolute atomic E-state index is 13.6. The number of pyridine rings is 1. The lowest BCUT2D eigenvalue weighted by molar-refractivity contribution is -0.160. The second kappa shape index (κ2) is 7.94. The number of piperazine rings is 1. The van der Waals surface area contributed by atoms with E-state index in [2.05, 4.69) is 14.9 Å². The predicted octanol–water partition coefficient (Wildman–Crippen LogP) is 3.63. The van der Waals surface area contributed by atoms with Crippen LogP contribution in [0.5, 0.6) is 0 Å². The third-order valence-electron chi connectivity index (χ3n) is 8.20. The van der Waals surface area contributed by atoms with Crippen LogP contribution in [-0.2, 0) is 16.0 Å². The lowest BCUT2D eigenvalue weighted by Crippen LogP contribution is -2.58. The molecule has 0 unspecified atom stereocenters. The third kappa shape index (κ3) is 3.64. The largest absolute Gasteiger partial charge is 0.339 e. The molecule has 1 aliphatic heterocycles. The first-order valence-electron chi connectivity index (χ1n) is 12.0. The number of amides is 2. The zero-order valence-corrected chi connectivity index (χ0v) is 19.2. The first-order chi connectivity index (χ1) is 15.6. The van der Waals surface area contributed by atoms with Crippen molar-refractivity contribution in [3.05, 3.63) is 35.6 Å². The highest BCUT2D eigenvalue weighted by atomic mass is 32.1. The van der Waals surface area contributed by atoms with Gasteiger partial charge >= 0.3 is 0 Å². The summed E-state index contributed by atoms with van der Waals surface area (Å²) in [6.07, 6.45) is 11.3. The fourth-order valence-corrected chi connectivity index (χ4v) is 7.95. The van der Waals surface area contributed by atoms with Crippen molar-refractivity contribution in [3.8, 4) is 10.6 Å². The molecule has 4 saturated carbocycles. The van der Waals surface area contributed by atoms with Crippen molar-refractivity contribution in [1.82, 2.24) is 19.8 Å². The second-order valence-corrected chi connectivity index (χ2v) is 11.3. The summed E-state index contributed by atoms with van der Waals surface area (Å²) < 4.78 is 0. The van der Waals surface area contributed by atoms with Crippen molar-refractivity contribution in [2.45, 2.75) is 44.9 Å². The SMILES string of the molecule is O=C(Cc1csc(-c2cccnc2)n1)N1CCN(C(=O)C23CC4CC(CC(C4)C2)C3)CC1. The zero-order valence-electron chi connectivity index (χ0n) is 18.4. The van der Waals surface area contributed by atoms with E-state index in [1.165, 1.54) is 19.3 Å². The molecule has 5 aliphatic rings. The normalized spacial score (nSPS) is 31.2. The van der Waals surface area contributed by atoms with E-state index in [9.17, 15) is 9.59 Å². The summed E-state index contributed by atoms with van der Waals surface area (Å²) in [5.41, 5.74) is 1.71. The van der Waals surface area contributed by atoms with Crippen molar-refractivity contribution in [2.75, 3.05) is 26.2 Å².